The second kappa shape index (κ2) is 25.9. The first-order chi connectivity index (χ1) is 26.5. The minimum Gasteiger partial charge on any atom is -0.665 e. The van der Waals surface area contributed by atoms with Crippen molar-refractivity contribution in [2.75, 3.05) is 0 Å². The quantitative estimate of drug-likeness (QED) is 0.169. The Morgan fingerprint density at radius 2 is 0.914 bits per heavy atom. The van der Waals surface area contributed by atoms with Crippen LogP contribution in [0.3, 0.4) is 0 Å². The van der Waals surface area contributed by atoms with Crippen LogP contribution in [0.4, 0.5) is 0 Å². The number of rotatable bonds is 6. The Balaban J connectivity index is 0.000000555. The van der Waals surface area contributed by atoms with Crippen molar-refractivity contribution in [1.29, 1.82) is 0 Å². The molecule has 6 heteroatoms. The van der Waals surface area contributed by atoms with Gasteiger partial charge in [0.05, 0.1) is 0 Å². The first kappa shape index (κ1) is 51.7. The fourth-order valence-corrected chi connectivity index (χ4v) is 7.71. The van der Waals surface area contributed by atoms with E-state index in [0.29, 0.717) is 0 Å². The molecule has 6 aromatic carbocycles. The average molecular weight is 1070 g/mol. The van der Waals surface area contributed by atoms with Gasteiger partial charge in [-0.25, -0.2) is 0 Å². The average Bonchev–Trinajstić information content (AvgIpc) is 3.59. The first-order valence-electron chi connectivity index (χ1n) is 18.0. The first-order valence-corrected chi connectivity index (χ1v) is 22.5. The minimum absolute atomic E-state index is 0. The molecule has 0 aliphatic rings. The zero-order valence-corrected chi connectivity index (χ0v) is 38.2. The molecule has 0 saturated carbocycles. The third kappa shape index (κ3) is 14.8. The molecule has 0 aliphatic carbocycles. The van der Waals surface area contributed by atoms with E-state index in [2.05, 4.69) is 93.2 Å². The molecule has 1 heterocycles. The van der Waals surface area contributed by atoms with E-state index in [9.17, 15) is 8.50 Å². The molecule has 7 aromatic rings. The van der Waals surface area contributed by atoms with Crippen LogP contribution in [0.15, 0.2) is 167 Å². The van der Waals surface area contributed by atoms with E-state index < -0.39 is 18.1 Å². The van der Waals surface area contributed by atoms with Gasteiger partial charge in [0.25, 0.3) is 0 Å². The molecule has 7 rings (SSSR count). The molecule has 0 fully saturated rings. The third-order valence-corrected chi connectivity index (χ3v) is 12.0. The number of nitrogens with zero attached hydrogens (tertiary/aromatic N) is 1. The molecule has 0 aliphatic heterocycles. The van der Waals surface area contributed by atoms with E-state index >= 15 is 0 Å². The number of aryl methyl sites for hydroxylation is 2. The van der Waals surface area contributed by atoms with Crippen LogP contribution in [0.5, 0.6) is 5.75 Å². The molecular formula is C52H59Br2NO2W-2. The molecule has 3 nitrogen and oxygen atoms in total. The largest absolute Gasteiger partial charge is 0.665 e. The van der Waals surface area contributed by atoms with E-state index in [1.807, 2.05) is 154 Å². The molecule has 0 bridgehead atoms. The maximum atomic E-state index is 11.9. The summed E-state index contributed by atoms with van der Waals surface area (Å²) >= 11 is 5.64. The molecular weight excluding hydrogens is 1010 g/mol. The number of hydrogen-bond donors (Lipinski definition) is 1. The van der Waals surface area contributed by atoms with Crippen molar-refractivity contribution in [3.05, 3.63) is 190 Å². The van der Waals surface area contributed by atoms with E-state index in [4.69, 9.17) is 0 Å². The number of halogens is 2. The van der Waals surface area contributed by atoms with Crippen molar-refractivity contribution in [2.45, 2.75) is 69.2 Å². The van der Waals surface area contributed by atoms with Gasteiger partial charge in [-0.3, -0.25) is 0 Å². The summed E-state index contributed by atoms with van der Waals surface area (Å²) in [6.07, 6.45) is 2.00. The van der Waals surface area contributed by atoms with Gasteiger partial charge in [0, 0.05) is 20.1 Å². The Bertz CT molecular complexity index is 2140. The zero-order chi connectivity index (χ0) is 39.8. The van der Waals surface area contributed by atoms with Crippen LogP contribution in [0, 0.1) is 20.3 Å². The maximum absolute atomic E-state index is 11.9. The van der Waals surface area contributed by atoms with Crippen LogP contribution in [0.2, 0.25) is 0 Å². The van der Waals surface area contributed by atoms with Gasteiger partial charge >= 0.3 is 81.0 Å². The smallest absolute Gasteiger partial charge is 0.132 e. The number of phenolic OH excluding ortho intramolecular Hbond substituents is 1. The van der Waals surface area contributed by atoms with E-state index in [1.54, 1.807) is 0 Å². The van der Waals surface area contributed by atoms with Crippen molar-refractivity contribution >= 4 is 36.3 Å². The molecule has 58 heavy (non-hydrogen) atoms. The van der Waals surface area contributed by atoms with Gasteiger partial charge in [-0.2, -0.15) is 25.2 Å². The maximum Gasteiger partial charge on any atom is 0.132 e. The molecule has 0 atom stereocenters. The van der Waals surface area contributed by atoms with Crippen molar-refractivity contribution < 1.29 is 26.6 Å². The normalized spacial score (nSPS) is 9.86. The molecule has 1 aromatic heterocycles. The van der Waals surface area contributed by atoms with Gasteiger partial charge in [-0.15, -0.1) is 0 Å². The second-order valence-electron chi connectivity index (χ2n) is 13.4. The molecule has 0 amide bonds. The van der Waals surface area contributed by atoms with Crippen LogP contribution in [-0.4, -0.2) is 9.51 Å². The monoisotopic (exact) mass is 1070 g/mol. The Hall–Kier alpha value is -4.28. The summed E-state index contributed by atoms with van der Waals surface area (Å²) in [7, 11) is 0. The van der Waals surface area contributed by atoms with E-state index in [1.165, 1.54) is 5.56 Å². The minimum atomic E-state index is -1.43. The Morgan fingerprint density at radius 3 is 1.22 bits per heavy atom. The predicted octanol–water partition coefficient (Wildman–Crippen LogP) is 16.2. The number of phenols is 1. The van der Waals surface area contributed by atoms with Gasteiger partial charge < -0.3 is 16.5 Å². The number of hydrogen-bond acceptors (Lipinski definition) is 2. The Labute approximate surface area is 374 Å². The fourth-order valence-electron chi connectivity index (χ4n) is 5.83. The van der Waals surface area contributed by atoms with Crippen molar-refractivity contribution in [3.8, 4) is 50.3 Å². The zero-order valence-electron chi connectivity index (χ0n) is 32.1. The summed E-state index contributed by atoms with van der Waals surface area (Å²) in [5.41, 5.74) is 11.1. The van der Waals surface area contributed by atoms with E-state index in [-0.39, 0.29) is 33.4 Å². The number of aromatic hydroxyl groups is 1. The topological polar surface area (TPSA) is 51.4 Å². The van der Waals surface area contributed by atoms with Crippen LogP contribution in [-0.2, 0) is 26.9 Å². The summed E-state index contributed by atoms with van der Waals surface area (Å²) < 4.78 is 14.6. The summed E-state index contributed by atoms with van der Waals surface area (Å²) in [5.74, 6) is 0.278. The van der Waals surface area contributed by atoms with Crippen LogP contribution in [0.25, 0.3) is 44.5 Å². The molecule has 0 saturated heterocycles. The van der Waals surface area contributed by atoms with E-state index in [0.717, 1.165) is 64.8 Å². The molecule has 0 radical (unpaired) electrons. The molecule has 0 unspecified atom stereocenters. The predicted molar refractivity (Wildman–Crippen MR) is 257 cm³/mol. The third-order valence-electron chi connectivity index (χ3n) is 8.52. The van der Waals surface area contributed by atoms with Crippen LogP contribution < -0.4 is 4.98 Å². The van der Waals surface area contributed by atoms with Crippen LogP contribution >= 0.6 is 31.9 Å². The van der Waals surface area contributed by atoms with Crippen molar-refractivity contribution in [2.24, 2.45) is 0 Å². The molecule has 1 N–H and O–H groups in total. The van der Waals surface area contributed by atoms with Crippen molar-refractivity contribution in [3.63, 3.8) is 0 Å². The Kier molecular flexibility index (Phi) is 23.1. The SMILES string of the molecule is C.C.C.CC(C)([CH]=[W]=[O])c1ccccc1.C[CH-]C.Cc1ccc(C)[n-]1.Oc1c(-c2ccc(Br)cc2)c(-c2ccccc2)cc(-c2ccccc2)c1-c1ccc(Br)cc1. The summed E-state index contributed by atoms with van der Waals surface area (Å²) in [6, 6.07) is 53.1. The summed E-state index contributed by atoms with van der Waals surface area (Å²) in [5, 5.41) is 11.9. The van der Waals surface area contributed by atoms with Gasteiger partial charge in [-0.1, -0.05) is 165 Å². The fraction of sp³-hybridized carbons (Fsp3) is 0.192. The second-order valence-corrected chi connectivity index (χ2v) is 16.8. The van der Waals surface area contributed by atoms with Gasteiger partial charge in [-0.05, 0) is 63.7 Å². The summed E-state index contributed by atoms with van der Waals surface area (Å²) in [4.78, 5) is 4.11. The molecule has 0 spiro atoms. The number of aromatic nitrogens is 1. The summed E-state index contributed by atoms with van der Waals surface area (Å²) in [6.45, 7) is 12.2. The van der Waals surface area contributed by atoms with Crippen LogP contribution in [0.1, 0.15) is 66.9 Å². The standard InChI is InChI=1S/C30H20Br2O.C10H12.C6H8N.C3H7.3CH4.O.W/c31-24-15-11-22(12-16-24)28-26(20-7-3-1-4-8-20)19-27(21-9-5-2-6-10-21)29(30(28)33)23-13-17-25(32)18-14-23;1-10(2,3)9-7-5-4-6-8-9;1-5-3-4-6(2)7-5;1-3-2;;;;;/h1-19,33H;1,4-8H,2-3H3;3-4H,1-2H3;3H,1-2H3;3*1H4;;/q;;2*-1;;;;;. The number of benzene rings is 6. The van der Waals surface area contributed by atoms with Crippen molar-refractivity contribution in [1.82, 2.24) is 4.98 Å². The Morgan fingerprint density at radius 1 is 0.569 bits per heavy atom. The van der Waals surface area contributed by atoms with Gasteiger partial charge in [0.1, 0.15) is 5.75 Å². The van der Waals surface area contributed by atoms with Gasteiger partial charge in [0.15, 0.2) is 0 Å². The van der Waals surface area contributed by atoms with Gasteiger partial charge in [0.2, 0.25) is 0 Å². The molecule has 306 valence electrons.